The number of pyridine rings is 1. The summed E-state index contributed by atoms with van der Waals surface area (Å²) in [6.07, 6.45) is 2.73. The van der Waals surface area contributed by atoms with Crippen LogP contribution in [0, 0.1) is 0 Å². The Morgan fingerprint density at radius 1 is 1.53 bits per heavy atom. The molecule has 5 heteroatoms. The molecule has 0 aliphatic heterocycles. The first-order valence-electron chi connectivity index (χ1n) is 5.53. The summed E-state index contributed by atoms with van der Waals surface area (Å²) in [5, 5.41) is 3.72. The molecule has 2 heterocycles. The molecule has 0 fully saturated rings. The first-order valence-corrected chi connectivity index (χ1v) is 5.91. The lowest BCUT2D eigenvalue weighted by molar-refractivity contribution is 0.412. The fourth-order valence-electron chi connectivity index (χ4n) is 1.73. The second kappa shape index (κ2) is 4.94. The maximum Gasteiger partial charge on any atom is 0.155 e. The van der Waals surface area contributed by atoms with Crippen LogP contribution in [-0.2, 0) is 6.42 Å². The molecule has 0 aromatic carbocycles. The number of halogens is 1. The van der Waals surface area contributed by atoms with Gasteiger partial charge in [-0.2, -0.15) is 0 Å². The molecular weight excluding hydrogens is 238 g/mol. The number of hydrogen-bond donors (Lipinski definition) is 1. The van der Waals surface area contributed by atoms with Crippen molar-refractivity contribution in [1.29, 1.82) is 0 Å². The van der Waals surface area contributed by atoms with Crippen molar-refractivity contribution < 1.29 is 4.74 Å². The summed E-state index contributed by atoms with van der Waals surface area (Å²) < 4.78 is 7.19. The quantitative estimate of drug-likeness (QED) is 0.908. The van der Waals surface area contributed by atoms with Crippen molar-refractivity contribution >= 4 is 17.1 Å². The molecule has 1 atom stereocenters. The lowest BCUT2D eigenvalue weighted by Gasteiger charge is -2.09. The smallest absolute Gasteiger partial charge is 0.155 e. The van der Waals surface area contributed by atoms with Gasteiger partial charge in [0.25, 0.3) is 0 Å². The number of rotatable bonds is 4. The molecule has 0 aliphatic rings. The molecule has 0 saturated carbocycles. The molecule has 0 amide bonds. The van der Waals surface area contributed by atoms with Crippen molar-refractivity contribution in [3.05, 3.63) is 29.3 Å². The molecule has 0 spiro atoms. The second-order valence-electron chi connectivity index (χ2n) is 4.04. The van der Waals surface area contributed by atoms with Crippen LogP contribution in [0.5, 0.6) is 5.75 Å². The van der Waals surface area contributed by atoms with Gasteiger partial charge >= 0.3 is 0 Å². The van der Waals surface area contributed by atoms with Crippen LogP contribution in [0.4, 0.5) is 0 Å². The van der Waals surface area contributed by atoms with Gasteiger partial charge in [0.2, 0.25) is 0 Å². The minimum absolute atomic E-state index is 0.350. The highest BCUT2D eigenvalue weighted by atomic mass is 35.5. The van der Waals surface area contributed by atoms with Crippen molar-refractivity contribution in [2.45, 2.75) is 19.4 Å². The van der Waals surface area contributed by atoms with E-state index in [1.165, 1.54) is 0 Å². The number of aromatic nitrogens is 2. The van der Waals surface area contributed by atoms with Gasteiger partial charge in [0, 0.05) is 12.5 Å². The zero-order chi connectivity index (χ0) is 12.4. The lowest BCUT2D eigenvalue weighted by Crippen LogP contribution is -2.24. The average molecular weight is 254 g/mol. The van der Waals surface area contributed by atoms with E-state index in [4.69, 9.17) is 16.3 Å². The molecule has 1 N–H and O–H groups in total. The zero-order valence-electron chi connectivity index (χ0n) is 10.2. The molecule has 2 aromatic heterocycles. The maximum absolute atomic E-state index is 6.11. The molecule has 92 valence electrons. The van der Waals surface area contributed by atoms with E-state index in [-0.39, 0.29) is 0 Å². The maximum atomic E-state index is 6.11. The third kappa shape index (κ3) is 2.37. The Morgan fingerprint density at radius 2 is 2.29 bits per heavy atom. The standard InChI is InChI=1S/C12H16ClN3O/c1-8(14-2)6-11-15-12(13)10-5-4-9(17-3)7-16(10)11/h4-5,7-8,14H,6H2,1-3H3. The summed E-state index contributed by atoms with van der Waals surface area (Å²) in [4.78, 5) is 4.39. The molecule has 2 rings (SSSR count). The summed E-state index contributed by atoms with van der Waals surface area (Å²) >= 11 is 6.11. The number of likely N-dealkylation sites (N-methyl/N-ethyl adjacent to an activating group) is 1. The van der Waals surface area contributed by atoms with Crippen molar-refractivity contribution in [2.24, 2.45) is 0 Å². The van der Waals surface area contributed by atoms with Gasteiger partial charge in [-0.3, -0.25) is 4.40 Å². The third-order valence-corrected chi connectivity index (χ3v) is 3.13. The van der Waals surface area contributed by atoms with Gasteiger partial charge in [0.1, 0.15) is 11.6 Å². The molecule has 17 heavy (non-hydrogen) atoms. The van der Waals surface area contributed by atoms with E-state index in [1.54, 1.807) is 7.11 Å². The van der Waals surface area contributed by atoms with Gasteiger partial charge in [-0.25, -0.2) is 4.98 Å². The van der Waals surface area contributed by atoms with Crippen molar-refractivity contribution in [3.63, 3.8) is 0 Å². The fourth-order valence-corrected chi connectivity index (χ4v) is 1.98. The topological polar surface area (TPSA) is 38.6 Å². The summed E-state index contributed by atoms with van der Waals surface area (Å²) in [7, 11) is 3.58. The van der Waals surface area contributed by atoms with Gasteiger partial charge in [-0.05, 0) is 26.1 Å². The number of nitrogens with one attached hydrogen (secondary N) is 1. The van der Waals surface area contributed by atoms with Gasteiger partial charge in [-0.15, -0.1) is 0 Å². The summed E-state index contributed by atoms with van der Waals surface area (Å²) in [6, 6.07) is 4.15. The van der Waals surface area contributed by atoms with Crippen LogP contribution in [0.1, 0.15) is 12.7 Å². The van der Waals surface area contributed by atoms with E-state index >= 15 is 0 Å². The minimum Gasteiger partial charge on any atom is -0.495 e. The Labute approximate surface area is 106 Å². The monoisotopic (exact) mass is 253 g/mol. The molecule has 0 aliphatic carbocycles. The van der Waals surface area contributed by atoms with Crippen LogP contribution in [0.25, 0.3) is 5.52 Å². The number of ether oxygens (including phenoxy) is 1. The first kappa shape index (κ1) is 12.2. The molecule has 1 unspecified atom stereocenters. The van der Waals surface area contributed by atoms with Crippen LogP contribution < -0.4 is 10.1 Å². The molecule has 0 bridgehead atoms. The van der Waals surface area contributed by atoms with Gasteiger partial charge < -0.3 is 10.1 Å². The van der Waals surface area contributed by atoms with E-state index < -0.39 is 0 Å². The van der Waals surface area contributed by atoms with Gasteiger partial charge in [0.15, 0.2) is 5.15 Å². The molecule has 2 aromatic rings. The summed E-state index contributed by atoms with van der Waals surface area (Å²) in [5.41, 5.74) is 0.908. The molecule has 0 radical (unpaired) electrons. The van der Waals surface area contributed by atoms with Crippen LogP contribution >= 0.6 is 11.6 Å². The zero-order valence-corrected chi connectivity index (χ0v) is 11.0. The number of hydrogen-bond acceptors (Lipinski definition) is 3. The lowest BCUT2D eigenvalue weighted by atomic mass is 10.2. The summed E-state index contributed by atoms with van der Waals surface area (Å²) in [6.45, 7) is 2.11. The Kier molecular flexibility index (Phi) is 3.54. The average Bonchev–Trinajstić information content (AvgIpc) is 2.65. The molecular formula is C12H16ClN3O. The van der Waals surface area contributed by atoms with Crippen LogP contribution in [0.3, 0.4) is 0 Å². The minimum atomic E-state index is 0.350. The third-order valence-electron chi connectivity index (χ3n) is 2.86. The molecule has 0 saturated heterocycles. The van der Waals surface area contributed by atoms with E-state index in [0.29, 0.717) is 11.2 Å². The van der Waals surface area contributed by atoms with E-state index in [9.17, 15) is 0 Å². The van der Waals surface area contributed by atoms with E-state index in [0.717, 1.165) is 23.5 Å². The Hall–Kier alpha value is -1.26. The number of imidazole rings is 1. The molecule has 4 nitrogen and oxygen atoms in total. The van der Waals surface area contributed by atoms with Crippen LogP contribution in [0.2, 0.25) is 5.15 Å². The SMILES string of the molecule is CNC(C)Cc1nc(Cl)c2ccc(OC)cn12. The predicted octanol–water partition coefficient (Wildman–Crippen LogP) is 2.15. The van der Waals surface area contributed by atoms with Crippen LogP contribution in [-0.4, -0.2) is 29.6 Å². The van der Waals surface area contributed by atoms with Crippen molar-refractivity contribution in [3.8, 4) is 5.75 Å². The van der Waals surface area contributed by atoms with Crippen molar-refractivity contribution in [2.75, 3.05) is 14.2 Å². The fraction of sp³-hybridized carbons (Fsp3) is 0.417. The van der Waals surface area contributed by atoms with Gasteiger partial charge in [-0.1, -0.05) is 11.6 Å². The Bertz CT molecular complexity index is 524. The highest BCUT2D eigenvalue weighted by Gasteiger charge is 2.12. The van der Waals surface area contributed by atoms with Gasteiger partial charge in [0.05, 0.1) is 18.8 Å². The number of nitrogens with zero attached hydrogens (tertiary/aromatic N) is 2. The second-order valence-corrected chi connectivity index (χ2v) is 4.39. The first-order chi connectivity index (χ1) is 8.15. The van der Waals surface area contributed by atoms with E-state index in [1.807, 2.05) is 29.8 Å². The van der Waals surface area contributed by atoms with Crippen LogP contribution in [0.15, 0.2) is 18.3 Å². The Balaban J connectivity index is 2.47. The number of methoxy groups -OCH3 is 1. The predicted molar refractivity (Wildman–Crippen MR) is 69.0 cm³/mol. The highest BCUT2D eigenvalue weighted by Crippen LogP contribution is 2.22. The largest absolute Gasteiger partial charge is 0.495 e. The van der Waals surface area contributed by atoms with Crippen molar-refractivity contribution in [1.82, 2.24) is 14.7 Å². The number of fused-ring (bicyclic) bond motifs is 1. The Morgan fingerprint density at radius 3 is 2.94 bits per heavy atom. The van der Waals surface area contributed by atoms with E-state index in [2.05, 4.69) is 17.2 Å². The normalized spacial score (nSPS) is 12.9. The summed E-state index contributed by atoms with van der Waals surface area (Å²) in [5.74, 6) is 1.73. The highest BCUT2D eigenvalue weighted by molar-refractivity contribution is 6.32.